The van der Waals surface area contributed by atoms with E-state index in [9.17, 15) is 5.11 Å². The third-order valence-corrected chi connectivity index (χ3v) is 3.79. The SMILES string of the molecule is Cc1ccc(CN(CC(C)C)CC(O)COc2ccccc2C)o1. The number of para-hydroxylation sites is 1. The minimum atomic E-state index is -0.542. The van der Waals surface area contributed by atoms with Crippen molar-refractivity contribution in [3.05, 3.63) is 53.5 Å². The average molecular weight is 331 g/mol. The number of hydrogen-bond donors (Lipinski definition) is 1. The van der Waals surface area contributed by atoms with E-state index in [1.54, 1.807) is 0 Å². The average Bonchev–Trinajstić information content (AvgIpc) is 2.91. The molecule has 0 saturated heterocycles. The number of aryl methyl sites for hydroxylation is 2. The lowest BCUT2D eigenvalue weighted by Crippen LogP contribution is -2.37. The van der Waals surface area contributed by atoms with Crippen LogP contribution >= 0.6 is 0 Å². The zero-order chi connectivity index (χ0) is 17.5. The molecule has 1 N–H and O–H groups in total. The van der Waals surface area contributed by atoms with E-state index in [-0.39, 0.29) is 6.61 Å². The van der Waals surface area contributed by atoms with Crippen molar-refractivity contribution in [3.63, 3.8) is 0 Å². The van der Waals surface area contributed by atoms with Crippen molar-refractivity contribution in [3.8, 4) is 5.75 Å². The van der Waals surface area contributed by atoms with Crippen LogP contribution in [0.2, 0.25) is 0 Å². The molecule has 0 spiro atoms. The molecule has 4 heteroatoms. The van der Waals surface area contributed by atoms with Crippen molar-refractivity contribution in [2.75, 3.05) is 19.7 Å². The van der Waals surface area contributed by atoms with E-state index < -0.39 is 6.10 Å². The third kappa shape index (κ3) is 6.02. The largest absolute Gasteiger partial charge is 0.491 e. The summed E-state index contributed by atoms with van der Waals surface area (Å²) >= 11 is 0. The summed E-state index contributed by atoms with van der Waals surface area (Å²) in [7, 11) is 0. The van der Waals surface area contributed by atoms with Crippen LogP contribution in [0.1, 0.15) is 30.9 Å². The van der Waals surface area contributed by atoms with Crippen LogP contribution in [0.4, 0.5) is 0 Å². The van der Waals surface area contributed by atoms with E-state index in [0.29, 0.717) is 19.0 Å². The van der Waals surface area contributed by atoms with Gasteiger partial charge >= 0.3 is 0 Å². The number of nitrogens with zero attached hydrogens (tertiary/aromatic N) is 1. The molecule has 0 fully saturated rings. The van der Waals surface area contributed by atoms with E-state index in [1.807, 2.05) is 50.2 Å². The standard InChI is InChI=1S/C20H29NO3/c1-15(2)11-21(13-19-10-9-17(4)24-19)12-18(22)14-23-20-8-6-5-7-16(20)3/h5-10,15,18,22H,11-14H2,1-4H3. The van der Waals surface area contributed by atoms with Crippen molar-refractivity contribution in [1.29, 1.82) is 0 Å². The van der Waals surface area contributed by atoms with E-state index in [0.717, 1.165) is 29.4 Å². The molecule has 2 aromatic rings. The maximum Gasteiger partial charge on any atom is 0.122 e. The highest BCUT2D eigenvalue weighted by Gasteiger charge is 2.16. The molecule has 1 heterocycles. The zero-order valence-corrected chi connectivity index (χ0v) is 15.2. The summed E-state index contributed by atoms with van der Waals surface area (Å²) in [6.07, 6.45) is -0.542. The normalized spacial score (nSPS) is 12.8. The third-order valence-electron chi connectivity index (χ3n) is 3.79. The molecule has 2 rings (SSSR count). The first-order valence-electron chi connectivity index (χ1n) is 8.58. The topological polar surface area (TPSA) is 45.8 Å². The van der Waals surface area contributed by atoms with E-state index in [4.69, 9.17) is 9.15 Å². The molecule has 0 aliphatic heterocycles. The van der Waals surface area contributed by atoms with Gasteiger partial charge in [-0.3, -0.25) is 4.90 Å². The van der Waals surface area contributed by atoms with Crippen LogP contribution in [0, 0.1) is 19.8 Å². The Morgan fingerprint density at radius 2 is 1.83 bits per heavy atom. The Bertz CT molecular complexity index is 621. The second kappa shape index (κ2) is 8.90. The minimum absolute atomic E-state index is 0.288. The molecule has 0 aliphatic carbocycles. The molecule has 0 bridgehead atoms. The number of aliphatic hydroxyl groups excluding tert-OH is 1. The summed E-state index contributed by atoms with van der Waals surface area (Å²) in [5.74, 6) is 3.19. The Morgan fingerprint density at radius 3 is 2.46 bits per heavy atom. The highest BCUT2D eigenvalue weighted by atomic mass is 16.5. The number of benzene rings is 1. The van der Waals surface area contributed by atoms with E-state index >= 15 is 0 Å². The molecule has 0 amide bonds. The Hall–Kier alpha value is -1.78. The zero-order valence-electron chi connectivity index (χ0n) is 15.2. The highest BCUT2D eigenvalue weighted by molar-refractivity contribution is 5.31. The van der Waals surface area contributed by atoms with Gasteiger partial charge in [-0.05, 0) is 43.5 Å². The summed E-state index contributed by atoms with van der Waals surface area (Å²) in [6.45, 7) is 10.8. The Balaban J connectivity index is 1.89. The first-order chi connectivity index (χ1) is 11.4. The molecule has 1 atom stereocenters. The highest BCUT2D eigenvalue weighted by Crippen LogP contribution is 2.17. The lowest BCUT2D eigenvalue weighted by Gasteiger charge is -2.26. The Kier molecular flexibility index (Phi) is 6.88. The maximum absolute atomic E-state index is 10.4. The molecule has 0 aliphatic rings. The van der Waals surface area contributed by atoms with Crippen LogP contribution in [0.5, 0.6) is 5.75 Å². The summed E-state index contributed by atoms with van der Waals surface area (Å²) in [4.78, 5) is 2.22. The summed E-state index contributed by atoms with van der Waals surface area (Å²) in [5, 5.41) is 10.4. The minimum Gasteiger partial charge on any atom is -0.491 e. The van der Waals surface area contributed by atoms with Crippen LogP contribution in [0.25, 0.3) is 0 Å². The molecule has 24 heavy (non-hydrogen) atoms. The second-order valence-corrected chi connectivity index (χ2v) is 6.83. The molecule has 0 radical (unpaired) electrons. The molecule has 1 unspecified atom stereocenters. The molecular weight excluding hydrogens is 302 g/mol. The molecule has 132 valence electrons. The summed E-state index contributed by atoms with van der Waals surface area (Å²) in [6, 6.07) is 11.8. The van der Waals surface area contributed by atoms with Crippen molar-refractivity contribution >= 4 is 0 Å². The van der Waals surface area contributed by atoms with Gasteiger partial charge in [0.15, 0.2) is 0 Å². The fraction of sp³-hybridized carbons (Fsp3) is 0.500. The Labute approximate surface area is 145 Å². The first-order valence-corrected chi connectivity index (χ1v) is 8.58. The number of rotatable bonds is 9. The fourth-order valence-electron chi connectivity index (χ4n) is 2.77. The van der Waals surface area contributed by atoms with Gasteiger partial charge in [-0.2, -0.15) is 0 Å². The van der Waals surface area contributed by atoms with Crippen LogP contribution < -0.4 is 4.74 Å². The number of aliphatic hydroxyl groups is 1. The van der Waals surface area contributed by atoms with Crippen molar-refractivity contribution in [1.82, 2.24) is 4.90 Å². The van der Waals surface area contributed by atoms with Gasteiger partial charge in [0.05, 0.1) is 6.54 Å². The van der Waals surface area contributed by atoms with Gasteiger partial charge in [-0.1, -0.05) is 32.0 Å². The van der Waals surface area contributed by atoms with Crippen molar-refractivity contribution < 1.29 is 14.3 Å². The summed E-state index contributed by atoms with van der Waals surface area (Å²) < 4.78 is 11.4. The predicted octanol–water partition coefficient (Wildman–Crippen LogP) is 3.79. The lowest BCUT2D eigenvalue weighted by molar-refractivity contribution is 0.0588. The Morgan fingerprint density at radius 1 is 1.08 bits per heavy atom. The van der Waals surface area contributed by atoms with Gasteiger partial charge in [0.25, 0.3) is 0 Å². The van der Waals surface area contributed by atoms with Gasteiger partial charge in [-0.15, -0.1) is 0 Å². The van der Waals surface area contributed by atoms with Gasteiger partial charge in [-0.25, -0.2) is 0 Å². The maximum atomic E-state index is 10.4. The molecule has 1 aromatic carbocycles. The van der Waals surface area contributed by atoms with Gasteiger partial charge in [0.2, 0.25) is 0 Å². The predicted molar refractivity (Wildman–Crippen MR) is 96.2 cm³/mol. The molecule has 1 aromatic heterocycles. The number of furan rings is 1. The molecule has 0 saturated carbocycles. The lowest BCUT2D eigenvalue weighted by atomic mass is 10.2. The second-order valence-electron chi connectivity index (χ2n) is 6.83. The van der Waals surface area contributed by atoms with E-state index in [2.05, 4.69) is 18.7 Å². The van der Waals surface area contributed by atoms with Crippen LogP contribution in [-0.4, -0.2) is 35.8 Å². The quantitative estimate of drug-likeness (QED) is 0.759. The number of ether oxygens (including phenoxy) is 1. The van der Waals surface area contributed by atoms with E-state index in [1.165, 1.54) is 0 Å². The van der Waals surface area contributed by atoms with Gasteiger partial charge in [0.1, 0.15) is 30.0 Å². The fourth-order valence-corrected chi connectivity index (χ4v) is 2.77. The van der Waals surface area contributed by atoms with Crippen LogP contribution in [0.3, 0.4) is 0 Å². The molecular formula is C20H29NO3. The monoisotopic (exact) mass is 331 g/mol. The van der Waals surface area contributed by atoms with Gasteiger partial charge < -0.3 is 14.3 Å². The summed E-state index contributed by atoms with van der Waals surface area (Å²) in [5.41, 5.74) is 1.08. The number of hydrogen-bond acceptors (Lipinski definition) is 4. The smallest absolute Gasteiger partial charge is 0.122 e. The van der Waals surface area contributed by atoms with Crippen LogP contribution in [0.15, 0.2) is 40.8 Å². The molecule has 4 nitrogen and oxygen atoms in total. The van der Waals surface area contributed by atoms with Gasteiger partial charge in [0, 0.05) is 13.1 Å². The first kappa shape index (κ1) is 18.6. The van der Waals surface area contributed by atoms with Crippen molar-refractivity contribution in [2.45, 2.75) is 40.3 Å². The van der Waals surface area contributed by atoms with Crippen molar-refractivity contribution in [2.24, 2.45) is 5.92 Å². The van der Waals surface area contributed by atoms with Crippen LogP contribution in [-0.2, 0) is 6.54 Å².